The van der Waals surface area contributed by atoms with E-state index in [2.05, 4.69) is 10.3 Å². The number of carbonyl (C=O) groups excluding carboxylic acids is 2. The van der Waals surface area contributed by atoms with Crippen molar-refractivity contribution in [3.05, 3.63) is 17.8 Å². The van der Waals surface area contributed by atoms with Gasteiger partial charge in [-0.1, -0.05) is 0 Å². The Balaban J connectivity index is 2.36. The Hall–Kier alpha value is -2.31. The van der Waals surface area contributed by atoms with Crippen LogP contribution in [-0.2, 0) is 9.53 Å². The number of carbonyl (C=O) groups is 2. The van der Waals surface area contributed by atoms with Gasteiger partial charge in [-0.3, -0.25) is 4.79 Å². The van der Waals surface area contributed by atoms with Gasteiger partial charge in [-0.25, -0.2) is 9.78 Å². The zero-order valence-corrected chi connectivity index (χ0v) is 9.97. The lowest BCUT2D eigenvalue weighted by atomic mass is 10.2. The van der Waals surface area contributed by atoms with Crippen molar-refractivity contribution in [3.63, 3.8) is 0 Å². The van der Waals surface area contributed by atoms with Crippen molar-refractivity contribution >= 4 is 23.4 Å². The lowest BCUT2D eigenvalue weighted by molar-refractivity contribution is -0.120. The summed E-state index contributed by atoms with van der Waals surface area (Å²) in [5, 5.41) is 2.71. The fourth-order valence-electron chi connectivity index (χ4n) is 1.83. The molecule has 2 rings (SSSR count). The number of nitrogens with zero attached hydrogens (tertiary/aromatic N) is 2. The molecule has 3 N–H and O–H groups in total. The van der Waals surface area contributed by atoms with Gasteiger partial charge in [0.2, 0.25) is 5.91 Å². The molecule has 1 saturated heterocycles. The predicted octanol–water partition coefficient (Wildman–Crippen LogP) is -0.613. The minimum absolute atomic E-state index is 0.0890. The molecular weight excluding hydrogens is 236 g/mol. The molecule has 1 aromatic rings. The molecule has 1 aliphatic heterocycles. The Morgan fingerprint density at radius 3 is 3.06 bits per heavy atom. The number of methoxy groups -OCH3 is 1. The number of amides is 1. The molecule has 0 spiro atoms. The summed E-state index contributed by atoms with van der Waals surface area (Å²) >= 11 is 0. The summed E-state index contributed by atoms with van der Waals surface area (Å²) in [4.78, 5) is 28.8. The maximum absolute atomic E-state index is 11.7. The van der Waals surface area contributed by atoms with Crippen LogP contribution < -0.4 is 16.0 Å². The lowest BCUT2D eigenvalue weighted by Gasteiger charge is -2.29. The van der Waals surface area contributed by atoms with E-state index in [1.54, 1.807) is 4.90 Å². The third-order valence-electron chi connectivity index (χ3n) is 2.69. The van der Waals surface area contributed by atoms with Crippen LogP contribution in [0.3, 0.4) is 0 Å². The van der Waals surface area contributed by atoms with Gasteiger partial charge < -0.3 is 20.7 Å². The standard InChI is InChI=1S/C11H14N4O3/c1-18-11(17)7-4-9(12)14-5-8(7)15-3-2-13-10(16)6-15/h4-5H,2-3,6H2,1H3,(H2,12,14)(H,13,16). The molecule has 0 radical (unpaired) electrons. The molecule has 1 fully saturated rings. The van der Waals surface area contributed by atoms with E-state index in [0.717, 1.165) is 0 Å². The second kappa shape index (κ2) is 4.91. The highest BCUT2D eigenvalue weighted by Crippen LogP contribution is 2.22. The molecule has 0 aromatic carbocycles. The van der Waals surface area contributed by atoms with E-state index in [0.29, 0.717) is 24.3 Å². The van der Waals surface area contributed by atoms with Crippen molar-refractivity contribution in [1.82, 2.24) is 10.3 Å². The normalized spacial score (nSPS) is 15.2. The summed E-state index contributed by atoms with van der Waals surface area (Å²) in [7, 11) is 1.30. The average molecular weight is 250 g/mol. The number of piperazine rings is 1. The van der Waals surface area contributed by atoms with Crippen LogP contribution in [0.25, 0.3) is 0 Å². The third-order valence-corrected chi connectivity index (χ3v) is 2.69. The number of ether oxygens (including phenoxy) is 1. The smallest absolute Gasteiger partial charge is 0.340 e. The number of nitrogen functional groups attached to an aromatic ring is 1. The summed E-state index contributed by atoms with van der Waals surface area (Å²) < 4.78 is 4.70. The summed E-state index contributed by atoms with van der Waals surface area (Å²) in [5.74, 6) is -0.348. The summed E-state index contributed by atoms with van der Waals surface area (Å²) in [5.41, 5.74) is 6.44. The summed E-state index contributed by atoms with van der Waals surface area (Å²) in [6.45, 7) is 1.33. The fourth-order valence-corrected chi connectivity index (χ4v) is 1.83. The first-order valence-electron chi connectivity index (χ1n) is 5.47. The van der Waals surface area contributed by atoms with Gasteiger partial charge in [0.1, 0.15) is 5.82 Å². The largest absolute Gasteiger partial charge is 0.465 e. The Kier molecular flexibility index (Phi) is 3.31. The molecule has 0 unspecified atom stereocenters. The Labute approximate surface area is 104 Å². The molecular formula is C11H14N4O3. The van der Waals surface area contributed by atoms with Crippen LogP contribution in [0.4, 0.5) is 11.5 Å². The van der Waals surface area contributed by atoms with Gasteiger partial charge in [0.05, 0.1) is 31.1 Å². The minimum atomic E-state index is -0.495. The van der Waals surface area contributed by atoms with Crippen molar-refractivity contribution in [2.45, 2.75) is 0 Å². The topological polar surface area (TPSA) is 97.6 Å². The van der Waals surface area contributed by atoms with E-state index < -0.39 is 5.97 Å². The predicted molar refractivity (Wildman–Crippen MR) is 65.2 cm³/mol. The number of esters is 1. The first kappa shape index (κ1) is 12.2. The minimum Gasteiger partial charge on any atom is -0.465 e. The number of nitrogens with one attached hydrogen (secondary N) is 1. The molecule has 96 valence electrons. The molecule has 0 bridgehead atoms. The quantitative estimate of drug-likeness (QED) is 0.679. The van der Waals surface area contributed by atoms with Gasteiger partial charge in [0.25, 0.3) is 0 Å². The van der Waals surface area contributed by atoms with Gasteiger partial charge in [0.15, 0.2) is 0 Å². The number of nitrogens with two attached hydrogens (primary N) is 1. The van der Waals surface area contributed by atoms with Gasteiger partial charge in [0, 0.05) is 13.1 Å². The molecule has 2 heterocycles. The van der Waals surface area contributed by atoms with Crippen LogP contribution in [0.2, 0.25) is 0 Å². The molecule has 1 aromatic heterocycles. The molecule has 1 amide bonds. The van der Waals surface area contributed by atoms with E-state index in [-0.39, 0.29) is 18.3 Å². The van der Waals surface area contributed by atoms with Crippen molar-refractivity contribution in [3.8, 4) is 0 Å². The Morgan fingerprint density at radius 2 is 2.39 bits per heavy atom. The van der Waals surface area contributed by atoms with E-state index >= 15 is 0 Å². The molecule has 1 aliphatic rings. The second-order valence-electron chi connectivity index (χ2n) is 3.89. The van der Waals surface area contributed by atoms with Crippen molar-refractivity contribution in [2.75, 3.05) is 37.4 Å². The van der Waals surface area contributed by atoms with Crippen LogP contribution in [0.15, 0.2) is 12.3 Å². The monoisotopic (exact) mass is 250 g/mol. The lowest BCUT2D eigenvalue weighted by Crippen LogP contribution is -2.48. The molecule has 18 heavy (non-hydrogen) atoms. The van der Waals surface area contributed by atoms with Crippen LogP contribution in [0.5, 0.6) is 0 Å². The number of aromatic nitrogens is 1. The first-order chi connectivity index (χ1) is 8.61. The van der Waals surface area contributed by atoms with Crippen molar-refractivity contribution in [2.24, 2.45) is 0 Å². The Morgan fingerprint density at radius 1 is 1.61 bits per heavy atom. The maximum atomic E-state index is 11.7. The van der Waals surface area contributed by atoms with E-state index in [4.69, 9.17) is 10.5 Å². The van der Waals surface area contributed by atoms with Gasteiger partial charge in [-0.05, 0) is 6.07 Å². The highest BCUT2D eigenvalue weighted by Gasteiger charge is 2.22. The van der Waals surface area contributed by atoms with Crippen LogP contribution in [0, 0.1) is 0 Å². The van der Waals surface area contributed by atoms with Gasteiger partial charge in [-0.15, -0.1) is 0 Å². The number of rotatable bonds is 2. The number of anilines is 2. The molecule has 0 aliphatic carbocycles. The van der Waals surface area contributed by atoms with Crippen LogP contribution in [0.1, 0.15) is 10.4 Å². The highest BCUT2D eigenvalue weighted by atomic mass is 16.5. The SMILES string of the molecule is COC(=O)c1cc(N)ncc1N1CCNC(=O)C1. The zero-order valence-electron chi connectivity index (χ0n) is 9.97. The number of hydrogen-bond donors (Lipinski definition) is 2. The van der Waals surface area contributed by atoms with Crippen LogP contribution in [-0.4, -0.2) is 43.6 Å². The maximum Gasteiger partial charge on any atom is 0.340 e. The zero-order chi connectivity index (χ0) is 13.1. The average Bonchev–Trinajstić information content (AvgIpc) is 2.37. The first-order valence-corrected chi connectivity index (χ1v) is 5.47. The van der Waals surface area contributed by atoms with Gasteiger partial charge >= 0.3 is 5.97 Å². The molecule has 0 atom stereocenters. The van der Waals surface area contributed by atoms with Gasteiger partial charge in [-0.2, -0.15) is 0 Å². The summed E-state index contributed by atoms with van der Waals surface area (Å²) in [6, 6.07) is 1.45. The number of pyridine rings is 1. The van der Waals surface area contributed by atoms with E-state index in [1.807, 2.05) is 0 Å². The summed E-state index contributed by atoms with van der Waals surface area (Å²) in [6.07, 6.45) is 1.49. The van der Waals surface area contributed by atoms with E-state index in [1.165, 1.54) is 19.4 Å². The molecule has 7 nitrogen and oxygen atoms in total. The Bertz CT molecular complexity index is 489. The van der Waals surface area contributed by atoms with Crippen molar-refractivity contribution < 1.29 is 14.3 Å². The van der Waals surface area contributed by atoms with Crippen molar-refractivity contribution in [1.29, 1.82) is 0 Å². The highest BCUT2D eigenvalue weighted by molar-refractivity contribution is 5.97. The number of hydrogen-bond acceptors (Lipinski definition) is 6. The fraction of sp³-hybridized carbons (Fsp3) is 0.364. The molecule has 7 heteroatoms. The third kappa shape index (κ3) is 2.34. The molecule has 0 saturated carbocycles. The van der Waals surface area contributed by atoms with Crippen LogP contribution >= 0.6 is 0 Å². The van der Waals surface area contributed by atoms with E-state index in [9.17, 15) is 9.59 Å². The second-order valence-corrected chi connectivity index (χ2v) is 3.89.